The van der Waals surface area contributed by atoms with E-state index >= 15 is 0 Å². The van der Waals surface area contributed by atoms with Gasteiger partial charge in [0, 0.05) is 11.6 Å². The van der Waals surface area contributed by atoms with Crippen molar-refractivity contribution in [3.63, 3.8) is 0 Å². The van der Waals surface area contributed by atoms with Gasteiger partial charge in [-0.3, -0.25) is 18.4 Å². The summed E-state index contributed by atoms with van der Waals surface area (Å²) in [6, 6.07) is 12.9. The molecule has 0 aromatic heterocycles. The van der Waals surface area contributed by atoms with Gasteiger partial charge in [-0.05, 0) is 38.5 Å². The van der Waals surface area contributed by atoms with E-state index in [1.807, 2.05) is 6.07 Å². The predicted molar refractivity (Wildman–Crippen MR) is 149 cm³/mol. The Bertz CT molecular complexity index is 1280. The normalized spacial score (nSPS) is 13.9. The Labute approximate surface area is 244 Å². The number of hydrogen-bond acceptors (Lipinski definition) is 12. The third-order valence-electron chi connectivity index (χ3n) is 5.25. The smallest absolute Gasteiger partial charge is 0.475 e. The van der Waals surface area contributed by atoms with Crippen LogP contribution in [0.15, 0.2) is 48.5 Å². The fourth-order valence-electron chi connectivity index (χ4n) is 3.35. The van der Waals surface area contributed by atoms with Crippen molar-refractivity contribution in [3.8, 4) is 17.6 Å². The van der Waals surface area contributed by atoms with Gasteiger partial charge in [-0.2, -0.15) is 5.26 Å². The van der Waals surface area contributed by atoms with Crippen LogP contribution in [0.3, 0.4) is 0 Å². The highest BCUT2D eigenvalue weighted by atomic mass is 31.2. The quantitative estimate of drug-likeness (QED) is 0.128. The van der Waals surface area contributed by atoms with Crippen molar-refractivity contribution in [2.45, 2.75) is 44.9 Å². The number of ketones is 1. The number of nitrogens with one attached hydrogen (secondary N) is 1. The molecule has 2 aromatic rings. The first-order valence-corrected chi connectivity index (χ1v) is 14.1. The lowest BCUT2D eigenvalue weighted by Gasteiger charge is -2.26. The molecule has 0 spiro atoms. The van der Waals surface area contributed by atoms with Gasteiger partial charge in [-0.1, -0.05) is 30.3 Å². The Morgan fingerprint density at radius 3 is 2.12 bits per heavy atom. The number of nitrogens with zero attached hydrogens (tertiary/aromatic N) is 1. The van der Waals surface area contributed by atoms with E-state index in [-0.39, 0.29) is 17.5 Å². The maximum Gasteiger partial charge on any atom is 0.475 e. The molecule has 0 heterocycles. The summed E-state index contributed by atoms with van der Waals surface area (Å²) < 4.78 is 51.1. The summed E-state index contributed by atoms with van der Waals surface area (Å²) in [7, 11) is -0.827. The van der Waals surface area contributed by atoms with E-state index in [9.17, 15) is 18.9 Å². The number of phosphoric ester groups is 1. The monoisotopic (exact) mass is 606 g/mol. The number of nitriles is 1. The molecule has 42 heavy (non-hydrogen) atoms. The van der Waals surface area contributed by atoms with Crippen molar-refractivity contribution >= 4 is 25.7 Å². The van der Waals surface area contributed by atoms with Crippen LogP contribution >= 0.6 is 7.82 Å². The molecule has 3 atom stereocenters. The number of amides is 1. The lowest BCUT2D eigenvalue weighted by atomic mass is 9.99. The molecular formula is C28H35N2O11P. The van der Waals surface area contributed by atoms with E-state index in [0.29, 0.717) is 11.5 Å². The number of carbonyl (C=O) groups is 3. The third kappa shape index (κ3) is 10.8. The Morgan fingerprint density at radius 1 is 0.976 bits per heavy atom. The van der Waals surface area contributed by atoms with Gasteiger partial charge in [0.15, 0.2) is 17.9 Å². The zero-order chi connectivity index (χ0) is 31.3. The third-order valence-corrected chi connectivity index (χ3v) is 6.68. The lowest BCUT2D eigenvalue weighted by Crippen LogP contribution is -2.46. The van der Waals surface area contributed by atoms with Crippen LogP contribution in [0.5, 0.6) is 11.5 Å². The summed E-state index contributed by atoms with van der Waals surface area (Å²) in [5, 5.41) is 11.3. The molecule has 228 valence electrons. The molecule has 0 saturated carbocycles. The first-order valence-electron chi connectivity index (χ1n) is 12.7. The van der Waals surface area contributed by atoms with Crippen molar-refractivity contribution in [2.75, 3.05) is 34.5 Å². The van der Waals surface area contributed by atoms with Gasteiger partial charge in [0.2, 0.25) is 0 Å². The Balaban J connectivity index is 2.48. The maximum atomic E-state index is 14.0. The molecule has 0 fully saturated rings. The lowest BCUT2D eigenvalue weighted by molar-refractivity contribution is -0.144. The second kappa shape index (κ2) is 15.9. The van der Waals surface area contributed by atoms with Crippen molar-refractivity contribution in [1.82, 2.24) is 5.32 Å². The van der Waals surface area contributed by atoms with Gasteiger partial charge in [-0.25, -0.2) is 14.2 Å². The van der Waals surface area contributed by atoms with Crippen LogP contribution in [-0.2, 0) is 32.4 Å². The van der Waals surface area contributed by atoms with Crippen LogP contribution in [-0.4, -0.2) is 64.0 Å². The number of esters is 1. The summed E-state index contributed by atoms with van der Waals surface area (Å²) in [4.78, 5) is 38.4. The number of rotatable bonds is 15. The number of benzene rings is 2. The number of phosphoric acid groups is 1. The highest BCUT2D eigenvalue weighted by Gasteiger charge is 2.38. The van der Waals surface area contributed by atoms with E-state index in [1.165, 1.54) is 38.5 Å². The first kappa shape index (κ1) is 34.3. The van der Waals surface area contributed by atoms with Crippen molar-refractivity contribution < 1.29 is 51.5 Å². The Hall–Kier alpha value is -3.95. The fraction of sp³-hybridized carbons (Fsp3) is 0.429. The van der Waals surface area contributed by atoms with Gasteiger partial charge >= 0.3 is 19.9 Å². The summed E-state index contributed by atoms with van der Waals surface area (Å²) in [5.41, 5.74) is -0.483. The average Bonchev–Trinajstić information content (AvgIpc) is 2.96. The zero-order valence-electron chi connectivity index (χ0n) is 24.3. The van der Waals surface area contributed by atoms with Crippen molar-refractivity contribution in [3.05, 3.63) is 59.7 Å². The van der Waals surface area contributed by atoms with E-state index in [2.05, 4.69) is 5.32 Å². The highest BCUT2D eigenvalue weighted by Crippen LogP contribution is 2.54. The van der Waals surface area contributed by atoms with Crippen LogP contribution in [0.1, 0.15) is 49.2 Å². The Kier molecular flexibility index (Phi) is 13.0. The van der Waals surface area contributed by atoms with E-state index in [4.69, 9.17) is 37.8 Å². The van der Waals surface area contributed by atoms with E-state index in [0.717, 1.165) is 7.11 Å². The average molecular weight is 607 g/mol. The molecular weight excluding hydrogens is 571 g/mol. The number of alkyl carbamates (subject to hydrolysis) is 1. The van der Waals surface area contributed by atoms with Crippen molar-refractivity contribution in [2.24, 2.45) is 0 Å². The van der Waals surface area contributed by atoms with Gasteiger partial charge in [0.05, 0.1) is 47.0 Å². The molecule has 0 aliphatic heterocycles. The summed E-state index contributed by atoms with van der Waals surface area (Å²) in [6.45, 7) is 3.71. The molecule has 13 nitrogen and oxygen atoms in total. The predicted octanol–water partition coefficient (Wildman–Crippen LogP) is 4.77. The summed E-state index contributed by atoms with van der Waals surface area (Å²) >= 11 is 0. The molecule has 0 radical (unpaired) electrons. The van der Waals surface area contributed by atoms with E-state index in [1.54, 1.807) is 45.0 Å². The molecule has 1 unspecified atom stereocenters. The van der Waals surface area contributed by atoms with E-state index < -0.39 is 56.6 Å². The highest BCUT2D eigenvalue weighted by molar-refractivity contribution is 7.48. The zero-order valence-corrected chi connectivity index (χ0v) is 25.2. The molecule has 0 bridgehead atoms. The number of Topliss-reactive ketones (excluding diaryl/α,β-unsaturated/α-hetero) is 1. The fourth-order valence-corrected chi connectivity index (χ4v) is 4.67. The standard InChI is InChI=1S/C28H35N2O11P/c1-28(2,3)40-27(33)30-23(26(32)37-6)18-39-42(34,38-14-10-13-29)41-25(24(31)19-11-8-7-9-12-19)20-15-21(35-4)17-22(16-20)36-5/h7-9,11-12,15-17,23,25H,10,14,18H2,1-6H3,(H,30,33)/t23-,25+,42?/m0/s1. The van der Waals surface area contributed by atoms with Crippen LogP contribution < -0.4 is 14.8 Å². The van der Waals surface area contributed by atoms with Crippen LogP contribution in [0.25, 0.3) is 0 Å². The minimum absolute atomic E-state index is 0.184. The molecule has 1 N–H and O–H groups in total. The molecule has 0 aliphatic carbocycles. The molecule has 14 heteroatoms. The van der Waals surface area contributed by atoms with Crippen LogP contribution in [0.2, 0.25) is 0 Å². The molecule has 0 aliphatic rings. The van der Waals surface area contributed by atoms with Gasteiger partial charge in [0.25, 0.3) is 0 Å². The number of methoxy groups -OCH3 is 3. The summed E-state index contributed by atoms with van der Waals surface area (Å²) in [5.74, 6) is -0.937. The van der Waals surface area contributed by atoms with Gasteiger partial charge < -0.3 is 24.3 Å². The topological polar surface area (TPSA) is 169 Å². The van der Waals surface area contributed by atoms with Crippen molar-refractivity contribution in [1.29, 1.82) is 5.26 Å². The number of carbonyl (C=O) groups excluding carboxylic acids is 3. The number of hydrogen-bond donors (Lipinski definition) is 1. The molecule has 1 amide bonds. The largest absolute Gasteiger partial charge is 0.497 e. The molecule has 0 saturated heterocycles. The summed E-state index contributed by atoms with van der Waals surface area (Å²) in [6.07, 6.45) is -2.75. The molecule has 2 aromatic carbocycles. The second-order valence-corrected chi connectivity index (χ2v) is 11.2. The first-order chi connectivity index (χ1) is 19.8. The maximum absolute atomic E-state index is 14.0. The van der Waals surface area contributed by atoms with Crippen LogP contribution in [0, 0.1) is 11.3 Å². The number of ether oxygens (including phenoxy) is 4. The van der Waals surface area contributed by atoms with Gasteiger partial charge in [-0.15, -0.1) is 0 Å². The minimum Gasteiger partial charge on any atom is -0.497 e. The minimum atomic E-state index is -4.73. The Morgan fingerprint density at radius 2 is 1.60 bits per heavy atom. The second-order valence-electron chi connectivity index (χ2n) is 9.57. The van der Waals surface area contributed by atoms with Crippen LogP contribution in [0.4, 0.5) is 4.79 Å². The SMILES string of the molecule is COC(=O)[C@H](COP(=O)(OCCC#N)O[C@@H](C(=O)c1ccccc1)c1cc(OC)cc(OC)c1)NC(=O)OC(C)(C)C. The van der Waals surface area contributed by atoms with Gasteiger partial charge in [0.1, 0.15) is 17.1 Å². The molecule has 2 rings (SSSR count).